The number of aromatic nitrogens is 2. The number of H-pyrrole nitrogens is 1. The summed E-state index contributed by atoms with van der Waals surface area (Å²) < 4.78 is 26.8. The van der Waals surface area contributed by atoms with E-state index >= 15 is 0 Å². The average Bonchev–Trinajstić information content (AvgIpc) is 4.09. The number of aliphatic imine (C=N–C) groups is 1. The number of methoxy groups -OCH3 is 4. The minimum absolute atomic E-state index is 0.180. The van der Waals surface area contributed by atoms with E-state index in [0.29, 0.717) is 31.8 Å². The number of ether oxygens (including phenoxy) is 5. The maximum absolute atomic E-state index is 13.7. The summed E-state index contributed by atoms with van der Waals surface area (Å²) in [7, 11) is 5.52. The Bertz CT molecular complexity index is 2110. The summed E-state index contributed by atoms with van der Waals surface area (Å²) >= 11 is 0. The maximum atomic E-state index is 13.7. The van der Waals surface area contributed by atoms with E-state index in [1.54, 1.807) is 29.8 Å². The van der Waals surface area contributed by atoms with E-state index in [9.17, 15) is 19.2 Å². The molecule has 58 heavy (non-hydrogen) atoms. The monoisotopic (exact) mass is 797 g/mol. The predicted octanol–water partition coefficient (Wildman–Crippen LogP) is 5.13. The number of carbonyl (C=O) groups is 4. The summed E-state index contributed by atoms with van der Waals surface area (Å²) in [6.45, 7) is 4.57. The van der Waals surface area contributed by atoms with Gasteiger partial charge in [0.05, 0.1) is 50.4 Å². The molecule has 6 atom stereocenters. The van der Waals surface area contributed by atoms with Crippen molar-refractivity contribution in [3.8, 4) is 22.8 Å². The molecule has 3 aromatic rings. The molecule has 0 bridgehead atoms. The van der Waals surface area contributed by atoms with Crippen molar-refractivity contribution in [1.29, 1.82) is 0 Å². The number of aromatic amines is 1. The van der Waals surface area contributed by atoms with E-state index in [-0.39, 0.29) is 23.9 Å². The van der Waals surface area contributed by atoms with Crippen LogP contribution in [0.3, 0.4) is 0 Å². The number of amides is 4. The molecule has 1 aromatic heterocycles. The molecule has 0 spiro atoms. The fourth-order valence-electron chi connectivity index (χ4n) is 8.24. The van der Waals surface area contributed by atoms with Crippen molar-refractivity contribution >= 4 is 35.3 Å². The van der Waals surface area contributed by atoms with Gasteiger partial charge in [0.25, 0.3) is 0 Å². The van der Waals surface area contributed by atoms with E-state index in [2.05, 4.69) is 39.9 Å². The van der Waals surface area contributed by atoms with E-state index in [4.69, 9.17) is 33.7 Å². The summed E-state index contributed by atoms with van der Waals surface area (Å²) in [5.41, 5.74) is 6.81. The Morgan fingerprint density at radius 1 is 0.776 bits per heavy atom. The number of hydrogen-bond donors (Lipinski definition) is 3. The molecule has 4 amide bonds. The first-order valence-corrected chi connectivity index (χ1v) is 19.6. The molecule has 5 heterocycles. The van der Waals surface area contributed by atoms with Crippen LogP contribution in [0.4, 0.5) is 9.59 Å². The molecular formula is C42H51N7O9. The van der Waals surface area contributed by atoms with Gasteiger partial charge in [0, 0.05) is 57.6 Å². The van der Waals surface area contributed by atoms with Gasteiger partial charge < -0.3 is 49.1 Å². The molecule has 2 fully saturated rings. The number of allylic oxidation sites excluding steroid dienone is 1. The standard InChI is InChI=1S/C42H51N7O9/c1-23(54-3)36(46-41(52)56-5)39(50)48-15-7-9-32(48)30-19-29(21-43-30)25-11-12-27-18-28-17-26(13-14-34(28)58-35(27)20-25)31-22-44-38(45-31)33-10-8-16-49(33)40(51)37(24(2)55-4)47-42(53)57-6/h11-14,17,20-24,32-33,36-37H,7-10,15-16,18-19H2,1-6H3,(H,44,45)(H,46,52)(H,47,53)/t23-,24-,32+,33+,36+,37+/m1/s1. The SMILES string of the molecule is COC(=O)N[C@H](C(=O)N1CCC[C@H]1C1=NC=C(c2ccc3c(c2)Oc2ccc(-c4cnc([C@@H]5CCCN5C(=O)[C@@H](NC(=O)OC)[C@@H](C)OC)[nH]4)cc2C3)C1)[C@@H](C)OC. The van der Waals surface area contributed by atoms with E-state index in [1.165, 1.54) is 28.4 Å². The van der Waals surface area contributed by atoms with Gasteiger partial charge >= 0.3 is 12.2 Å². The Morgan fingerprint density at radius 2 is 1.40 bits per heavy atom. The van der Waals surface area contributed by atoms with Crippen molar-refractivity contribution in [1.82, 2.24) is 30.4 Å². The van der Waals surface area contributed by atoms with Gasteiger partial charge in [-0.05, 0) is 86.1 Å². The quantitative estimate of drug-likeness (QED) is 0.174. The second-order valence-corrected chi connectivity index (χ2v) is 15.0. The molecule has 2 saturated heterocycles. The largest absolute Gasteiger partial charge is 0.457 e. The summed E-state index contributed by atoms with van der Waals surface area (Å²) in [5, 5.41) is 5.26. The van der Waals surface area contributed by atoms with Crippen molar-refractivity contribution in [2.45, 2.75) is 88.7 Å². The van der Waals surface area contributed by atoms with E-state index in [1.807, 2.05) is 18.3 Å². The van der Waals surface area contributed by atoms with Crippen LogP contribution in [0.15, 0.2) is 53.8 Å². The molecule has 16 nitrogen and oxygen atoms in total. The number of likely N-dealkylation sites (tertiary alicyclic amines) is 2. The van der Waals surface area contributed by atoms with E-state index in [0.717, 1.165) is 76.4 Å². The van der Waals surface area contributed by atoms with Crippen molar-refractivity contribution in [3.63, 3.8) is 0 Å². The predicted molar refractivity (Wildman–Crippen MR) is 213 cm³/mol. The van der Waals surface area contributed by atoms with Gasteiger partial charge in [0.1, 0.15) is 29.4 Å². The van der Waals surface area contributed by atoms with Gasteiger partial charge in [-0.1, -0.05) is 12.1 Å². The van der Waals surface area contributed by atoms with Crippen molar-refractivity contribution in [3.05, 3.63) is 71.3 Å². The first-order chi connectivity index (χ1) is 28.0. The van der Waals surface area contributed by atoms with Gasteiger partial charge in [-0.15, -0.1) is 0 Å². The molecule has 16 heteroatoms. The number of benzene rings is 2. The Morgan fingerprint density at radius 3 is 2.03 bits per heavy atom. The van der Waals surface area contributed by atoms with Crippen LogP contribution in [0.25, 0.3) is 16.8 Å². The highest BCUT2D eigenvalue weighted by molar-refractivity contribution is 6.04. The van der Waals surface area contributed by atoms with Gasteiger partial charge in [0.2, 0.25) is 11.8 Å². The topological polar surface area (TPSA) is 186 Å². The lowest BCUT2D eigenvalue weighted by Crippen LogP contribution is -2.56. The van der Waals surface area contributed by atoms with Crippen LogP contribution < -0.4 is 15.4 Å². The van der Waals surface area contributed by atoms with Crippen LogP contribution in [0.1, 0.15) is 74.5 Å². The lowest BCUT2D eigenvalue weighted by molar-refractivity contribution is -0.138. The summed E-state index contributed by atoms with van der Waals surface area (Å²) in [4.78, 5) is 68.0. The molecule has 0 saturated carbocycles. The Balaban J connectivity index is 1.00. The highest BCUT2D eigenvalue weighted by Gasteiger charge is 2.41. The molecular weight excluding hydrogens is 747 g/mol. The number of nitrogens with one attached hydrogen (secondary N) is 3. The van der Waals surface area contributed by atoms with Crippen molar-refractivity contribution < 1.29 is 42.9 Å². The normalized spacial score (nSPS) is 20.4. The molecule has 308 valence electrons. The van der Waals surface area contributed by atoms with Crippen LogP contribution in [0.5, 0.6) is 11.5 Å². The first kappa shape index (κ1) is 40.5. The lowest BCUT2D eigenvalue weighted by atomic mass is 9.93. The van der Waals surface area contributed by atoms with Crippen LogP contribution >= 0.6 is 0 Å². The second kappa shape index (κ2) is 17.4. The van der Waals surface area contributed by atoms with Crippen molar-refractivity contribution in [2.75, 3.05) is 41.5 Å². The number of alkyl carbamates (subject to hydrolysis) is 2. The first-order valence-electron chi connectivity index (χ1n) is 19.6. The minimum atomic E-state index is -0.907. The lowest BCUT2D eigenvalue weighted by Gasteiger charge is -2.31. The third kappa shape index (κ3) is 8.16. The number of hydrogen-bond acceptors (Lipinski definition) is 11. The Hall–Kier alpha value is -5.74. The molecule has 3 N–H and O–H groups in total. The average molecular weight is 798 g/mol. The van der Waals surface area contributed by atoms with Gasteiger partial charge in [0.15, 0.2) is 0 Å². The molecule has 0 radical (unpaired) electrons. The zero-order valence-electron chi connectivity index (χ0n) is 33.7. The number of nitrogens with zero attached hydrogens (tertiary/aromatic N) is 4. The van der Waals surface area contributed by atoms with Gasteiger partial charge in [-0.2, -0.15) is 0 Å². The molecule has 7 rings (SSSR count). The molecule has 4 aliphatic rings. The van der Waals surface area contributed by atoms with Crippen LogP contribution in [-0.2, 0) is 35.0 Å². The number of carbonyl (C=O) groups excluding carboxylic acids is 4. The smallest absolute Gasteiger partial charge is 0.407 e. The summed E-state index contributed by atoms with van der Waals surface area (Å²) in [6, 6.07) is 10.0. The molecule has 0 unspecified atom stereocenters. The van der Waals surface area contributed by atoms with E-state index < -0.39 is 36.5 Å². The maximum Gasteiger partial charge on any atom is 0.407 e. The number of rotatable bonds is 12. The summed E-state index contributed by atoms with van der Waals surface area (Å²) in [5.74, 6) is 1.76. The Labute approximate surface area is 337 Å². The Kier molecular flexibility index (Phi) is 12.1. The number of imidazole rings is 1. The third-order valence-corrected chi connectivity index (χ3v) is 11.7. The highest BCUT2D eigenvalue weighted by Crippen LogP contribution is 2.41. The van der Waals surface area contributed by atoms with Crippen LogP contribution in [0.2, 0.25) is 0 Å². The van der Waals surface area contributed by atoms with Crippen molar-refractivity contribution in [2.24, 2.45) is 4.99 Å². The van der Waals surface area contributed by atoms with Crippen LogP contribution in [-0.4, -0.2) is 121 Å². The van der Waals surface area contributed by atoms with Crippen LogP contribution in [0, 0.1) is 0 Å². The molecule has 4 aliphatic heterocycles. The highest BCUT2D eigenvalue weighted by atomic mass is 16.5. The van der Waals surface area contributed by atoms with Gasteiger partial charge in [-0.3, -0.25) is 14.6 Å². The fourth-order valence-corrected chi connectivity index (χ4v) is 8.24. The zero-order valence-corrected chi connectivity index (χ0v) is 33.7. The second-order valence-electron chi connectivity index (χ2n) is 15.0. The summed E-state index contributed by atoms with van der Waals surface area (Å²) in [6.07, 6.45) is 5.59. The van der Waals surface area contributed by atoms with Gasteiger partial charge in [-0.25, -0.2) is 14.6 Å². The number of fused-ring (bicyclic) bond motifs is 2. The minimum Gasteiger partial charge on any atom is -0.457 e. The fraction of sp³-hybridized carbons (Fsp3) is 0.476. The molecule has 2 aromatic carbocycles. The zero-order chi connectivity index (χ0) is 41.1. The third-order valence-electron chi connectivity index (χ3n) is 11.7. The molecule has 0 aliphatic carbocycles.